The van der Waals surface area contributed by atoms with Gasteiger partial charge in [-0.15, -0.1) is 0 Å². The minimum absolute atomic E-state index is 0.0532. The zero-order chi connectivity index (χ0) is 13.9. The quantitative estimate of drug-likeness (QED) is 0.931. The molecule has 2 aromatic rings. The zero-order valence-electron chi connectivity index (χ0n) is 11.4. The highest BCUT2D eigenvalue weighted by Crippen LogP contribution is 2.40. The second-order valence-electron chi connectivity index (χ2n) is 5.01. The number of hydrogen-bond acceptors (Lipinski definition) is 3. The summed E-state index contributed by atoms with van der Waals surface area (Å²) < 4.78 is 11.9. The maximum Gasteiger partial charge on any atom is 0.185 e. The monoisotopic (exact) mass is 270 g/mol. The molecule has 1 saturated heterocycles. The predicted octanol–water partition coefficient (Wildman–Crippen LogP) is 3.14. The SMILES string of the molecule is Cc1ccccc1C1OC(c2ccccc2)OC1CO. The third-order valence-electron chi connectivity index (χ3n) is 3.65. The van der Waals surface area contributed by atoms with E-state index < -0.39 is 6.29 Å². The summed E-state index contributed by atoms with van der Waals surface area (Å²) in [4.78, 5) is 0. The smallest absolute Gasteiger partial charge is 0.185 e. The zero-order valence-corrected chi connectivity index (χ0v) is 11.4. The molecule has 3 heteroatoms. The molecule has 3 rings (SSSR count). The van der Waals surface area contributed by atoms with Crippen molar-refractivity contribution in [1.82, 2.24) is 0 Å². The van der Waals surface area contributed by atoms with Gasteiger partial charge in [-0.05, 0) is 18.1 Å². The van der Waals surface area contributed by atoms with Gasteiger partial charge in [-0.3, -0.25) is 0 Å². The number of aryl methyl sites for hydroxylation is 1. The Bertz CT molecular complexity index is 567. The summed E-state index contributed by atoms with van der Waals surface area (Å²) in [7, 11) is 0. The Morgan fingerprint density at radius 1 is 0.950 bits per heavy atom. The summed E-state index contributed by atoms with van der Waals surface area (Å²) in [6.07, 6.45) is -0.981. The normalized spacial score (nSPS) is 25.8. The largest absolute Gasteiger partial charge is 0.394 e. The van der Waals surface area contributed by atoms with Crippen molar-refractivity contribution < 1.29 is 14.6 Å². The number of aliphatic hydroxyl groups excluding tert-OH is 1. The van der Waals surface area contributed by atoms with E-state index in [9.17, 15) is 5.11 Å². The summed E-state index contributed by atoms with van der Waals surface area (Å²) in [5, 5.41) is 9.55. The predicted molar refractivity (Wildman–Crippen MR) is 76.1 cm³/mol. The van der Waals surface area contributed by atoms with E-state index in [1.54, 1.807) is 0 Å². The van der Waals surface area contributed by atoms with Crippen molar-refractivity contribution >= 4 is 0 Å². The van der Waals surface area contributed by atoms with Crippen molar-refractivity contribution in [3.63, 3.8) is 0 Å². The molecule has 3 unspecified atom stereocenters. The van der Waals surface area contributed by atoms with Crippen LogP contribution in [0.15, 0.2) is 54.6 Å². The second-order valence-corrected chi connectivity index (χ2v) is 5.01. The van der Waals surface area contributed by atoms with E-state index in [1.165, 1.54) is 0 Å². The van der Waals surface area contributed by atoms with Crippen molar-refractivity contribution in [2.24, 2.45) is 0 Å². The lowest BCUT2D eigenvalue weighted by Crippen LogP contribution is -2.20. The minimum atomic E-state index is -0.419. The molecule has 2 aromatic carbocycles. The van der Waals surface area contributed by atoms with Gasteiger partial charge in [0.2, 0.25) is 0 Å². The van der Waals surface area contributed by atoms with Crippen LogP contribution in [0.3, 0.4) is 0 Å². The highest BCUT2D eigenvalue weighted by atomic mass is 16.7. The van der Waals surface area contributed by atoms with Gasteiger partial charge in [0.05, 0.1) is 6.61 Å². The van der Waals surface area contributed by atoms with Crippen LogP contribution < -0.4 is 0 Å². The van der Waals surface area contributed by atoms with E-state index >= 15 is 0 Å². The molecule has 1 aliphatic rings. The van der Waals surface area contributed by atoms with Gasteiger partial charge in [-0.2, -0.15) is 0 Å². The molecule has 1 N–H and O–H groups in total. The fraction of sp³-hybridized carbons (Fsp3) is 0.294. The first kappa shape index (κ1) is 13.3. The fourth-order valence-corrected chi connectivity index (χ4v) is 2.57. The molecule has 104 valence electrons. The molecule has 0 aromatic heterocycles. The molecule has 1 fully saturated rings. The third-order valence-corrected chi connectivity index (χ3v) is 3.65. The summed E-state index contributed by atoms with van der Waals surface area (Å²) in [6.45, 7) is 1.99. The molecule has 3 nitrogen and oxygen atoms in total. The Labute approximate surface area is 118 Å². The van der Waals surface area contributed by atoms with Crippen LogP contribution >= 0.6 is 0 Å². The standard InChI is InChI=1S/C17H18O3/c1-12-7-5-6-10-14(12)16-15(11-18)19-17(20-16)13-8-3-2-4-9-13/h2-10,15-18H,11H2,1H3. The third kappa shape index (κ3) is 2.48. The van der Waals surface area contributed by atoms with Gasteiger partial charge >= 0.3 is 0 Å². The summed E-state index contributed by atoms with van der Waals surface area (Å²) in [5.74, 6) is 0. The molecular weight excluding hydrogens is 252 g/mol. The van der Waals surface area contributed by atoms with Gasteiger partial charge in [-0.1, -0.05) is 54.6 Å². The average Bonchev–Trinajstić information content (AvgIpc) is 2.93. The Morgan fingerprint density at radius 3 is 2.35 bits per heavy atom. The van der Waals surface area contributed by atoms with Crippen molar-refractivity contribution in [3.05, 3.63) is 71.3 Å². The lowest BCUT2D eigenvalue weighted by Gasteiger charge is -2.16. The van der Waals surface area contributed by atoms with Crippen molar-refractivity contribution in [1.29, 1.82) is 0 Å². The fourth-order valence-electron chi connectivity index (χ4n) is 2.57. The molecule has 1 heterocycles. The Kier molecular flexibility index (Phi) is 3.83. The number of ether oxygens (including phenoxy) is 2. The molecular formula is C17H18O3. The number of benzene rings is 2. The van der Waals surface area contributed by atoms with E-state index in [0.717, 1.165) is 16.7 Å². The highest BCUT2D eigenvalue weighted by molar-refractivity contribution is 5.29. The van der Waals surface area contributed by atoms with Crippen LogP contribution in [0.2, 0.25) is 0 Å². The van der Waals surface area contributed by atoms with Crippen LogP contribution in [0.25, 0.3) is 0 Å². The lowest BCUT2D eigenvalue weighted by molar-refractivity contribution is -0.0739. The molecule has 0 saturated carbocycles. The van der Waals surface area contributed by atoms with E-state index in [1.807, 2.05) is 61.5 Å². The van der Waals surface area contributed by atoms with E-state index in [-0.39, 0.29) is 18.8 Å². The van der Waals surface area contributed by atoms with Crippen LogP contribution in [0.1, 0.15) is 29.1 Å². The van der Waals surface area contributed by atoms with E-state index in [2.05, 4.69) is 0 Å². The first-order valence-electron chi connectivity index (χ1n) is 6.82. The molecule has 0 aliphatic carbocycles. The topological polar surface area (TPSA) is 38.7 Å². The molecule has 20 heavy (non-hydrogen) atoms. The van der Waals surface area contributed by atoms with Gasteiger partial charge in [0.25, 0.3) is 0 Å². The Morgan fingerprint density at radius 2 is 1.65 bits per heavy atom. The summed E-state index contributed by atoms with van der Waals surface area (Å²) in [5.41, 5.74) is 3.19. The summed E-state index contributed by atoms with van der Waals surface area (Å²) in [6, 6.07) is 17.9. The summed E-state index contributed by atoms with van der Waals surface area (Å²) >= 11 is 0. The van der Waals surface area contributed by atoms with Gasteiger partial charge in [0, 0.05) is 5.56 Å². The number of rotatable bonds is 3. The minimum Gasteiger partial charge on any atom is -0.394 e. The van der Waals surface area contributed by atoms with Gasteiger partial charge in [0.15, 0.2) is 6.29 Å². The Balaban J connectivity index is 1.87. The molecule has 0 amide bonds. The Hall–Kier alpha value is -1.68. The van der Waals surface area contributed by atoms with Crippen LogP contribution in [-0.2, 0) is 9.47 Å². The number of aliphatic hydroxyl groups is 1. The van der Waals surface area contributed by atoms with Crippen molar-refractivity contribution in [3.8, 4) is 0 Å². The second kappa shape index (κ2) is 5.75. The van der Waals surface area contributed by atoms with Gasteiger partial charge in [0.1, 0.15) is 12.2 Å². The van der Waals surface area contributed by atoms with Crippen LogP contribution in [0.5, 0.6) is 0 Å². The van der Waals surface area contributed by atoms with Crippen molar-refractivity contribution in [2.75, 3.05) is 6.61 Å². The van der Waals surface area contributed by atoms with Gasteiger partial charge < -0.3 is 14.6 Å². The first-order chi connectivity index (χ1) is 9.79. The van der Waals surface area contributed by atoms with Crippen LogP contribution in [-0.4, -0.2) is 17.8 Å². The highest BCUT2D eigenvalue weighted by Gasteiger charge is 2.37. The van der Waals surface area contributed by atoms with Crippen LogP contribution in [0.4, 0.5) is 0 Å². The first-order valence-corrected chi connectivity index (χ1v) is 6.82. The van der Waals surface area contributed by atoms with E-state index in [4.69, 9.17) is 9.47 Å². The maximum atomic E-state index is 9.55. The molecule has 0 radical (unpaired) electrons. The van der Waals surface area contributed by atoms with Crippen LogP contribution in [0, 0.1) is 6.92 Å². The van der Waals surface area contributed by atoms with Crippen molar-refractivity contribution in [2.45, 2.75) is 25.4 Å². The average molecular weight is 270 g/mol. The van der Waals surface area contributed by atoms with Gasteiger partial charge in [-0.25, -0.2) is 0 Å². The molecule has 3 atom stereocenters. The maximum absolute atomic E-state index is 9.55. The van der Waals surface area contributed by atoms with E-state index in [0.29, 0.717) is 0 Å². The lowest BCUT2D eigenvalue weighted by atomic mass is 10.00. The number of hydrogen-bond donors (Lipinski definition) is 1. The molecule has 0 spiro atoms. The molecule has 0 bridgehead atoms. The molecule has 1 aliphatic heterocycles.